The van der Waals surface area contributed by atoms with Crippen molar-refractivity contribution < 1.29 is 17.9 Å². The summed E-state index contributed by atoms with van der Waals surface area (Å²) in [5.41, 5.74) is 0.811. The molecule has 4 N–H and O–H groups in total. The van der Waals surface area contributed by atoms with E-state index in [9.17, 15) is 13.2 Å². The van der Waals surface area contributed by atoms with Crippen molar-refractivity contribution in [1.29, 1.82) is 0 Å². The third kappa shape index (κ3) is 10.8. The van der Waals surface area contributed by atoms with Crippen LogP contribution in [0.15, 0.2) is 34.2 Å². The van der Waals surface area contributed by atoms with Crippen LogP contribution in [0.1, 0.15) is 25.8 Å². The molecule has 0 spiro atoms. The van der Waals surface area contributed by atoms with Gasteiger partial charge in [0.15, 0.2) is 5.96 Å². The van der Waals surface area contributed by atoms with Crippen molar-refractivity contribution in [3.8, 4) is 0 Å². The summed E-state index contributed by atoms with van der Waals surface area (Å²) < 4.78 is 28.2. The molecule has 164 valence electrons. The predicted octanol–water partition coefficient (Wildman–Crippen LogP) is 0.520. The highest BCUT2D eigenvalue weighted by atomic mass is 32.2. The van der Waals surface area contributed by atoms with Crippen LogP contribution in [0.2, 0.25) is 0 Å². The highest BCUT2D eigenvalue weighted by Crippen LogP contribution is 2.09. The molecule has 0 saturated heterocycles. The topological polar surface area (TPSA) is 126 Å². The number of hydrogen-bond donors (Lipinski definition) is 3. The van der Waals surface area contributed by atoms with Gasteiger partial charge in [0.1, 0.15) is 0 Å². The van der Waals surface area contributed by atoms with Gasteiger partial charge in [-0.05, 0) is 30.0 Å². The standard InChI is InChI=1S/C19H33N5O4S/c1-15(2)9-11-28-12-10-21-19(23-14-18(25)24(3)4)22-13-16-5-7-17(8-6-16)29(20,26)27/h5-8,15H,9-14H2,1-4H3,(H2,20,26,27)(H2,21,22,23). The molecule has 10 heteroatoms. The number of sulfonamides is 1. The average Bonchev–Trinajstić information content (AvgIpc) is 2.64. The third-order valence-corrected chi connectivity index (χ3v) is 4.89. The number of guanidine groups is 1. The van der Waals surface area contributed by atoms with E-state index in [0.29, 0.717) is 38.2 Å². The third-order valence-electron chi connectivity index (χ3n) is 3.96. The molecule has 0 saturated carbocycles. The van der Waals surface area contributed by atoms with Crippen molar-refractivity contribution in [2.24, 2.45) is 16.0 Å². The van der Waals surface area contributed by atoms with E-state index in [1.54, 1.807) is 26.2 Å². The van der Waals surface area contributed by atoms with E-state index in [2.05, 4.69) is 29.5 Å². The molecule has 0 heterocycles. The van der Waals surface area contributed by atoms with Gasteiger partial charge in [-0.3, -0.25) is 4.79 Å². The first-order chi connectivity index (χ1) is 13.6. The normalized spacial score (nSPS) is 12.1. The van der Waals surface area contributed by atoms with Crippen molar-refractivity contribution in [2.45, 2.75) is 31.7 Å². The molecule has 0 fully saturated rings. The molecule has 0 radical (unpaired) electrons. The van der Waals surface area contributed by atoms with E-state index in [1.807, 2.05) is 0 Å². The molecule has 0 aliphatic carbocycles. The Morgan fingerprint density at radius 1 is 1.17 bits per heavy atom. The van der Waals surface area contributed by atoms with Crippen LogP contribution in [0, 0.1) is 5.92 Å². The van der Waals surface area contributed by atoms with Gasteiger partial charge in [-0.2, -0.15) is 0 Å². The number of amides is 1. The second-order valence-electron chi connectivity index (χ2n) is 7.22. The molecular formula is C19H33N5O4S. The smallest absolute Gasteiger partial charge is 0.241 e. The Balaban J connectivity index is 2.64. The SMILES string of the molecule is CC(C)CCOCCNC(=NCc1ccc(S(N)(=O)=O)cc1)NCC(=O)N(C)C. The van der Waals surface area contributed by atoms with Crippen LogP contribution in [0.5, 0.6) is 0 Å². The summed E-state index contributed by atoms with van der Waals surface area (Å²) in [4.78, 5) is 17.8. The lowest BCUT2D eigenvalue weighted by Crippen LogP contribution is -2.43. The fourth-order valence-corrected chi connectivity index (χ4v) is 2.62. The maximum Gasteiger partial charge on any atom is 0.241 e. The predicted molar refractivity (Wildman–Crippen MR) is 114 cm³/mol. The average molecular weight is 428 g/mol. The van der Waals surface area contributed by atoms with E-state index in [0.717, 1.165) is 12.0 Å². The lowest BCUT2D eigenvalue weighted by molar-refractivity contribution is -0.127. The second-order valence-corrected chi connectivity index (χ2v) is 8.78. The molecule has 1 aromatic carbocycles. The molecule has 1 aromatic rings. The molecule has 0 atom stereocenters. The van der Waals surface area contributed by atoms with Crippen molar-refractivity contribution >= 4 is 21.9 Å². The zero-order valence-corrected chi connectivity index (χ0v) is 18.5. The van der Waals surface area contributed by atoms with Crippen molar-refractivity contribution in [3.63, 3.8) is 0 Å². The zero-order chi connectivity index (χ0) is 21.9. The zero-order valence-electron chi connectivity index (χ0n) is 17.6. The first-order valence-electron chi connectivity index (χ1n) is 9.51. The lowest BCUT2D eigenvalue weighted by Gasteiger charge is -2.15. The van der Waals surface area contributed by atoms with E-state index in [-0.39, 0.29) is 17.3 Å². The van der Waals surface area contributed by atoms with Gasteiger partial charge < -0.3 is 20.3 Å². The van der Waals surface area contributed by atoms with Crippen LogP contribution in [0.4, 0.5) is 0 Å². The molecule has 1 amide bonds. The number of aliphatic imine (C=N–C) groups is 1. The number of benzene rings is 1. The molecular weight excluding hydrogens is 394 g/mol. The highest BCUT2D eigenvalue weighted by molar-refractivity contribution is 7.89. The van der Waals surface area contributed by atoms with Gasteiger partial charge in [0.25, 0.3) is 0 Å². The van der Waals surface area contributed by atoms with Crippen LogP contribution >= 0.6 is 0 Å². The lowest BCUT2D eigenvalue weighted by atomic mass is 10.1. The first-order valence-corrected chi connectivity index (χ1v) is 11.1. The Labute approximate surface area is 173 Å². The Morgan fingerprint density at radius 2 is 1.83 bits per heavy atom. The molecule has 29 heavy (non-hydrogen) atoms. The molecule has 0 unspecified atom stereocenters. The van der Waals surface area contributed by atoms with Crippen LogP contribution in [-0.4, -0.2) is 65.6 Å². The van der Waals surface area contributed by atoms with Gasteiger partial charge in [-0.1, -0.05) is 26.0 Å². The molecule has 1 rings (SSSR count). The highest BCUT2D eigenvalue weighted by Gasteiger charge is 2.08. The number of rotatable bonds is 11. The molecule has 0 aromatic heterocycles. The van der Waals surface area contributed by atoms with Gasteiger partial charge >= 0.3 is 0 Å². The van der Waals surface area contributed by atoms with Crippen molar-refractivity contribution in [1.82, 2.24) is 15.5 Å². The fraction of sp³-hybridized carbons (Fsp3) is 0.579. The number of carbonyl (C=O) groups is 1. The Morgan fingerprint density at radius 3 is 2.38 bits per heavy atom. The summed E-state index contributed by atoms with van der Waals surface area (Å²) >= 11 is 0. The van der Waals surface area contributed by atoms with Crippen molar-refractivity contribution in [3.05, 3.63) is 29.8 Å². The summed E-state index contributed by atoms with van der Waals surface area (Å²) in [7, 11) is -0.350. The van der Waals surface area contributed by atoms with Crippen LogP contribution < -0.4 is 15.8 Å². The van der Waals surface area contributed by atoms with E-state index in [4.69, 9.17) is 9.88 Å². The molecule has 0 aliphatic heterocycles. The van der Waals surface area contributed by atoms with E-state index in [1.165, 1.54) is 17.0 Å². The summed E-state index contributed by atoms with van der Waals surface area (Å²) in [5, 5.41) is 11.2. The number of primary sulfonamides is 1. The van der Waals surface area contributed by atoms with Gasteiger partial charge in [0, 0.05) is 27.2 Å². The van der Waals surface area contributed by atoms with Gasteiger partial charge in [-0.25, -0.2) is 18.5 Å². The number of hydrogen-bond acceptors (Lipinski definition) is 5. The number of nitrogens with zero attached hydrogens (tertiary/aromatic N) is 2. The molecule has 0 aliphatic rings. The van der Waals surface area contributed by atoms with Crippen LogP contribution in [0.25, 0.3) is 0 Å². The van der Waals surface area contributed by atoms with E-state index >= 15 is 0 Å². The summed E-state index contributed by atoms with van der Waals surface area (Å²) in [6, 6.07) is 6.19. The first kappa shape index (κ1) is 24.9. The Hall–Kier alpha value is -2.17. The quantitative estimate of drug-likeness (QED) is 0.268. The largest absolute Gasteiger partial charge is 0.380 e. The Bertz CT molecular complexity index is 761. The number of nitrogens with one attached hydrogen (secondary N) is 2. The fourth-order valence-electron chi connectivity index (χ4n) is 2.11. The number of carbonyl (C=O) groups excluding carboxylic acids is 1. The molecule has 0 bridgehead atoms. The van der Waals surface area contributed by atoms with E-state index < -0.39 is 10.0 Å². The summed E-state index contributed by atoms with van der Waals surface area (Å²) in [6.45, 7) is 6.49. The van der Waals surface area contributed by atoms with Gasteiger partial charge in [0.2, 0.25) is 15.9 Å². The number of ether oxygens (including phenoxy) is 1. The van der Waals surface area contributed by atoms with Crippen LogP contribution in [-0.2, 0) is 26.1 Å². The van der Waals surface area contributed by atoms with Crippen LogP contribution in [0.3, 0.4) is 0 Å². The molecule has 9 nitrogen and oxygen atoms in total. The minimum atomic E-state index is -3.72. The van der Waals surface area contributed by atoms with Gasteiger partial charge in [0.05, 0.1) is 24.6 Å². The number of nitrogens with two attached hydrogens (primary N) is 1. The maximum atomic E-state index is 11.8. The summed E-state index contributed by atoms with van der Waals surface area (Å²) in [6.07, 6.45) is 1.01. The minimum absolute atomic E-state index is 0.0526. The Kier molecular flexibility index (Phi) is 10.6. The summed E-state index contributed by atoms with van der Waals surface area (Å²) in [5.74, 6) is 0.993. The minimum Gasteiger partial charge on any atom is -0.380 e. The number of likely N-dealkylation sites (N-methyl/N-ethyl adjacent to an activating group) is 1. The van der Waals surface area contributed by atoms with Crippen molar-refractivity contribution in [2.75, 3.05) is 40.4 Å². The second kappa shape index (κ2) is 12.4. The maximum absolute atomic E-state index is 11.8. The van der Waals surface area contributed by atoms with Gasteiger partial charge in [-0.15, -0.1) is 0 Å². The monoisotopic (exact) mass is 427 g/mol.